The lowest BCUT2D eigenvalue weighted by atomic mass is 10.2. The van der Waals surface area contributed by atoms with E-state index in [-0.39, 0.29) is 24.7 Å². The van der Waals surface area contributed by atoms with E-state index in [1.807, 2.05) is 45.2 Å². The number of rotatable bonds is 9. The fraction of sp³-hybridized carbons (Fsp3) is 0.435. The summed E-state index contributed by atoms with van der Waals surface area (Å²) in [6.07, 6.45) is 2.50. The van der Waals surface area contributed by atoms with E-state index in [2.05, 4.69) is 14.8 Å². The molecule has 1 unspecified atom stereocenters. The maximum absolute atomic E-state index is 12.5. The summed E-state index contributed by atoms with van der Waals surface area (Å²) in [6, 6.07) is 11.4. The van der Waals surface area contributed by atoms with E-state index in [1.165, 1.54) is 0 Å². The Morgan fingerprint density at radius 1 is 1.26 bits per heavy atom. The second-order valence-electron chi connectivity index (χ2n) is 8.02. The average molecular weight is 427 g/mol. The van der Waals surface area contributed by atoms with Crippen LogP contribution in [0.1, 0.15) is 36.2 Å². The number of hydrogen-bond acceptors (Lipinski definition) is 7. The number of nitrogens with two attached hydrogens (primary N) is 1. The first-order chi connectivity index (χ1) is 14.8. The molecule has 1 aromatic heterocycles. The smallest absolute Gasteiger partial charge is 0.342 e. The number of likely N-dealkylation sites (N-methyl/N-ethyl adjacent to an activating group) is 1. The Hall–Kier alpha value is -3.13. The molecule has 2 N–H and O–H groups in total. The standard InChI is InChI=1S/C23H30N4O4/c1-16(2)31-23(29)20-5-4-11-25-22(20)26(3)18-10-12-27(14-18)13-17-6-8-19(9-7-17)30-15-21(24)28/h4-9,11,16,18H,10,12-15H2,1-3H3,(H2,24,28). The Morgan fingerprint density at radius 2 is 2.00 bits per heavy atom. The number of likely N-dealkylation sites (tertiary alicyclic amines) is 1. The Bertz CT molecular complexity index is 901. The SMILES string of the molecule is CC(C)OC(=O)c1cccnc1N(C)C1CCN(Cc2ccc(OCC(N)=O)cc2)C1. The van der Waals surface area contributed by atoms with Crippen LogP contribution in [0.3, 0.4) is 0 Å². The topological polar surface area (TPSA) is 98.0 Å². The summed E-state index contributed by atoms with van der Waals surface area (Å²) in [7, 11) is 1.98. The molecule has 8 nitrogen and oxygen atoms in total. The quantitative estimate of drug-likeness (QED) is 0.614. The van der Waals surface area contributed by atoms with E-state index < -0.39 is 5.91 Å². The summed E-state index contributed by atoms with van der Waals surface area (Å²) >= 11 is 0. The monoisotopic (exact) mass is 426 g/mol. The highest BCUT2D eigenvalue weighted by atomic mass is 16.5. The molecule has 1 saturated heterocycles. The summed E-state index contributed by atoms with van der Waals surface area (Å²) in [5.74, 6) is 0.428. The van der Waals surface area contributed by atoms with Crippen molar-refractivity contribution in [2.45, 2.75) is 39.0 Å². The maximum Gasteiger partial charge on any atom is 0.342 e. The summed E-state index contributed by atoms with van der Waals surface area (Å²) in [4.78, 5) is 32.2. The van der Waals surface area contributed by atoms with Crippen LogP contribution in [-0.4, -0.2) is 60.7 Å². The van der Waals surface area contributed by atoms with Gasteiger partial charge in [-0.15, -0.1) is 0 Å². The van der Waals surface area contributed by atoms with E-state index >= 15 is 0 Å². The van der Waals surface area contributed by atoms with Gasteiger partial charge in [0, 0.05) is 38.9 Å². The molecule has 1 fully saturated rings. The average Bonchev–Trinajstić information content (AvgIpc) is 3.20. The molecule has 1 aromatic carbocycles. The first-order valence-electron chi connectivity index (χ1n) is 10.4. The van der Waals surface area contributed by atoms with Crippen LogP contribution in [0.15, 0.2) is 42.6 Å². The Balaban J connectivity index is 1.60. The molecule has 8 heteroatoms. The third-order valence-electron chi connectivity index (χ3n) is 5.19. The Labute approximate surface area is 182 Å². The molecule has 0 spiro atoms. The van der Waals surface area contributed by atoms with Crippen molar-refractivity contribution >= 4 is 17.7 Å². The number of aromatic nitrogens is 1. The zero-order valence-electron chi connectivity index (χ0n) is 18.3. The van der Waals surface area contributed by atoms with E-state index in [1.54, 1.807) is 18.3 Å². The van der Waals surface area contributed by atoms with Gasteiger partial charge in [-0.1, -0.05) is 12.1 Å². The molecule has 1 atom stereocenters. The molecule has 1 aliphatic heterocycles. The van der Waals surface area contributed by atoms with Gasteiger partial charge in [0.05, 0.1) is 6.10 Å². The first kappa shape index (κ1) is 22.6. The van der Waals surface area contributed by atoms with Gasteiger partial charge in [0.2, 0.25) is 0 Å². The van der Waals surface area contributed by atoms with Gasteiger partial charge in [-0.2, -0.15) is 0 Å². The van der Waals surface area contributed by atoms with Crippen molar-refractivity contribution in [1.82, 2.24) is 9.88 Å². The number of esters is 1. The molecular weight excluding hydrogens is 396 g/mol. The van der Waals surface area contributed by atoms with E-state index in [4.69, 9.17) is 15.2 Å². The molecule has 1 amide bonds. The summed E-state index contributed by atoms with van der Waals surface area (Å²) in [6.45, 7) is 6.18. The molecule has 0 radical (unpaired) electrons. The zero-order valence-corrected chi connectivity index (χ0v) is 18.3. The van der Waals surface area contributed by atoms with Crippen LogP contribution in [0, 0.1) is 0 Å². The van der Waals surface area contributed by atoms with Crippen LogP contribution in [0.2, 0.25) is 0 Å². The number of anilines is 1. The number of nitrogens with zero attached hydrogens (tertiary/aromatic N) is 3. The number of carbonyl (C=O) groups is 2. The fourth-order valence-corrected chi connectivity index (χ4v) is 3.66. The Morgan fingerprint density at radius 3 is 2.68 bits per heavy atom. The molecule has 3 rings (SSSR count). The molecule has 1 aliphatic rings. The van der Waals surface area contributed by atoms with Crippen LogP contribution < -0.4 is 15.4 Å². The van der Waals surface area contributed by atoms with Crippen molar-refractivity contribution in [2.24, 2.45) is 5.73 Å². The highest BCUT2D eigenvalue weighted by molar-refractivity contribution is 5.94. The molecule has 0 aliphatic carbocycles. The van der Waals surface area contributed by atoms with Crippen molar-refractivity contribution in [3.8, 4) is 5.75 Å². The normalized spacial score (nSPS) is 16.3. The largest absolute Gasteiger partial charge is 0.484 e. The zero-order chi connectivity index (χ0) is 22.4. The van der Waals surface area contributed by atoms with E-state index in [0.29, 0.717) is 17.1 Å². The number of amides is 1. The van der Waals surface area contributed by atoms with Gasteiger partial charge in [-0.3, -0.25) is 9.69 Å². The van der Waals surface area contributed by atoms with Crippen LogP contribution >= 0.6 is 0 Å². The van der Waals surface area contributed by atoms with Gasteiger partial charge in [-0.05, 0) is 50.1 Å². The summed E-state index contributed by atoms with van der Waals surface area (Å²) < 4.78 is 10.7. The summed E-state index contributed by atoms with van der Waals surface area (Å²) in [5.41, 5.74) is 6.75. The molecule has 0 bridgehead atoms. The molecule has 31 heavy (non-hydrogen) atoms. The van der Waals surface area contributed by atoms with Gasteiger partial charge < -0.3 is 20.1 Å². The van der Waals surface area contributed by atoms with Crippen molar-refractivity contribution in [3.05, 3.63) is 53.7 Å². The number of hydrogen-bond donors (Lipinski definition) is 1. The lowest BCUT2D eigenvalue weighted by Gasteiger charge is -2.27. The molecule has 166 valence electrons. The molecule has 2 aromatic rings. The van der Waals surface area contributed by atoms with Crippen LogP contribution in [-0.2, 0) is 16.1 Å². The highest BCUT2D eigenvalue weighted by Crippen LogP contribution is 2.25. The van der Waals surface area contributed by atoms with Gasteiger partial charge in [0.15, 0.2) is 6.61 Å². The highest BCUT2D eigenvalue weighted by Gasteiger charge is 2.29. The predicted octanol–water partition coefficient (Wildman–Crippen LogP) is 2.22. The van der Waals surface area contributed by atoms with Crippen LogP contribution in [0.5, 0.6) is 5.75 Å². The minimum absolute atomic E-state index is 0.125. The number of carbonyl (C=O) groups excluding carboxylic acids is 2. The van der Waals surface area contributed by atoms with E-state index in [0.717, 1.165) is 31.6 Å². The second kappa shape index (κ2) is 10.3. The minimum atomic E-state index is -0.496. The Kier molecular flexibility index (Phi) is 7.46. The van der Waals surface area contributed by atoms with Crippen molar-refractivity contribution in [2.75, 3.05) is 31.6 Å². The number of benzene rings is 1. The van der Waals surface area contributed by atoms with Gasteiger partial charge in [0.1, 0.15) is 17.1 Å². The van der Waals surface area contributed by atoms with Crippen LogP contribution in [0.25, 0.3) is 0 Å². The number of ether oxygens (including phenoxy) is 2. The van der Waals surface area contributed by atoms with E-state index in [9.17, 15) is 9.59 Å². The van der Waals surface area contributed by atoms with Crippen molar-refractivity contribution in [3.63, 3.8) is 0 Å². The lowest BCUT2D eigenvalue weighted by Crippen LogP contribution is -2.36. The molecule has 2 heterocycles. The third kappa shape index (κ3) is 6.18. The lowest BCUT2D eigenvalue weighted by molar-refractivity contribution is -0.119. The molecular formula is C23H30N4O4. The summed E-state index contributed by atoms with van der Waals surface area (Å²) in [5, 5.41) is 0. The minimum Gasteiger partial charge on any atom is -0.484 e. The van der Waals surface area contributed by atoms with Crippen molar-refractivity contribution < 1.29 is 19.1 Å². The number of pyridine rings is 1. The second-order valence-corrected chi connectivity index (χ2v) is 8.02. The predicted molar refractivity (Wildman–Crippen MR) is 118 cm³/mol. The number of primary amides is 1. The van der Waals surface area contributed by atoms with Crippen molar-refractivity contribution in [1.29, 1.82) is 0 Å². The third-order valence-corrected chi connectivity index (χ3v) is 5.19. The van der Waals surface area contributed by atoms with Gasteiger partial charge in [-0.25, -0.2) is 9.78 Å². The molecule has 0 saturated carbocycles. The maximum atomic E-state index is 12.5. The first-order valence-corrected chi connectivity index (χ1v) is 10.4. The van der Waals surface area contributed by atoms with Crippen LogP contribution in [0.4, 0.5) is 5.82 Å². The van der Waals surface area contributed by atoms with Gasteiger partial charge in [0.25, 0.3) is 5.91 Å². The van der Waals surface area contributed by atoms with Gasteiger partial charge >= 0.3 is 5.97 Å². The fourth-order valence-electron chi connectivity index (χ4n) is 3.66.